The molecule has 0 aliphatic heterocycles. The number of hydrogen-bond donors (Lipinski definition) is 0. The van der Waals surface area contributed by atoms with Gasteiger partial charge in [0.1, 0.15) is 17.4 Å². The highest BCUT2D eigenvalue weighted by atomic mass is 19.1. The van der Waals surface area contributed by atoms with Crippen molar-refractivity contribution in [3.63, 3.8) is 0 Å². The summed E-state index contributed by atoms with van der Waals surface area (Å²) >= 11 is 0. The lowest BCUT2D eigenvalue weighted by Crippen LogP contribution is -2.09. The smallest absolute Gasteiger partial charge is 0.311 e. The lowest BCUT2D eigenvalue weighted by Gasteiger charge is -2.08. The van der Waals surface area contributed by atoms with E-state index in [4.69, 9.17) is 10.3 Å². The van der Waals surface area contributed by atoms with E-state index in [0.29, 0.717) is 5.56 Å². The Balaban J connectivity index is 1.95. The third-order valence-electron chi connectivity index (χ3n) is 2.80. The van der Waals surface area contributed by atoms with Crippen LogP contribution in [0, 0.1) is 11.6 Å². The van der Waals surface area contributed by atoms with Crippen molar-refractivity contribution in [2.24, 2.45) is 5.11 Å². The molecule has 0 aromatic heterocycles. The zero-order chi connectivity index (χ0) is 15.2. The fourth-order valence-corrected chi connectivity index (χ4v) is 1.76. The Hall–Kier alpha value is -2.63. The molecular weight excluding hydrogens is 278 g/mol. The molecule has 2 aromatic rings. The minimum Gasteiger partial charge on any atom is -0.706 e. The first-order chi connectivity index (χ1) is 10.1. The van der Waals surface area contributed by atoms with Crippen LogP contribution in [-0.4, -0.2) is 5.97 Å². The number of hydrogen-bond acceptors (Lipinski definition) is 3. The predicted molar refractivity (Wildman–Crippen MR) is 72.2 cm³/mol. The summed E-state index contributed by atoms with van der Waals surface area (Å²) in [4.78, 5) is 11.7. The SMILES string of the molecule is [N-]=Nc1cc(F)ccc1CCC(=O)Oc1ccc(F)cc1. The molecule has 2 aromatic carbocycles. The van der Waals surface area contributed by atoms with Gasteiger partial charge in [-0.25, -0.2) is 8.78 Å². The Morgan fingerprint density at radius 2 is 1.76 bits per heavy atom. The Labute approximate surface area is 119 Å². The van der Waals surface area contributed by atoms with E-state index in [0.717, 1.165) is 6.07 Å². The van der Waals surface area contributed by atoms with Crippen molar-refractivity contribution in [3.8, 4) is 5.75 Å². The summed E-state index contributed by atoms with van der Waals surface area (Å²) in [5.41, 5.74) is 9.37. The average Bonchev–Trinajstić information content (AvgIpc) is 2.48. The fraction of sp³-hybridized carbons (Fsp3) is 0.133. The molecule has 4 nitrogen and oxygen atoms in total. The molecular formula is C15H11F2N2O2-. The summed E-state index contributed by atoms with van der Waals surface area (Å²) < 4.78 is 30.7. The molecule has 0 unspecified atom stereocenters. The van der Waals surface area contributed by atoms with Crippen molar-refractivity contribution in [2.75, 3.05) is 0 Å². The van der Waals surface area contributed by atoms with Gasteiger partial charge in [-0.3, -0.25) is 4.79 Å². The largest absolute Gasteiger partial charge is 0.706 e. The van der Waals surface area contributed by atoms with E-state index in [1.165, 1.54) is 36.4 Å². The lowest BCUT2D eigenvalue weighted by molar-refractivity contribution is -0.134. The number of esters is 1. The number of halogens is 2. The first-order valence-corrected chi connectivity index (χ1v) is 6.18. The fourth-order valence-electron chi connectivity index (χ4n) is 1.76. The van der Waals surface area contributed by atoms with Crippen LogP contribution in [0.1, 0.15) is 12.0 Å². The molecule has 0 heterocycles. The van der Waals surface area contributed by atoms with E-state index in [2.05, 4.69) is 5.11 Å². The number of rotatable bonds is 5. The van der Waals surface area contributed by atoms with Crippen LogP contribution in [0.5, 0.6) is 5.75 Å². The number of carbonyl (C=O) groups excluding carboxylic acids is 1. The Morgan fingerprint density at radius 3 is 2.43 bits per heavy atom. The highest BCUT2D eigenvalue weighted by Gasteiger charge is 2.08. The van der Waals surface area contributed by atoms with Gasteiger partial charge in [-0.2, -0.15) is 0 Å². The summed E-state index contributed by atoms with van der Waals surface area (Å²) in [5, 5.41) is 2.97. The lowest BCUT2D eigenvalue weighted by atomic mass is 10.1. The number of ether oxygens (including phenoxy) is 1. The van der Waals surface area contributed by atoms with Gasteiger partial charge in [-0.1, -0.05) is 6.07 Å². The molecule has 0 spiro atoms. The van der Waals surface area contributed by atoms with Crippen molar-refractivity contribution >= 4 is 11.7 Å². The normalized spacial score (nSPS) is 10.2. The van der Waals surface area contributed by atoms with E-state index in [9.17, 15) is 13.6 Å². The van der Waals surface area contributed by atoms with Gasteiger partial charge >= 0.3 is 5.97 Å². The van der Waals surface area contributed by atoms with Crippen LogP contribution < -0.4 is 4.74 Å². The molecule has 0 radical (unpaired) electrons. The maximum absolute atomic E-state index is 13.0. The second kappa shape index (κ2) is 6.69. The summed E-state index contributed by atoms with van der Waals surface area (Å²) in [6.45, 7) is 0. The molecule has 0 saturated heterocycles. The number of nitrogens with zero attached hydrogens (tertiary/aromatic N) is 2. The van der Waals surface area contributed by atoms with Gasteiger partial charge in [0.15, 0.2) is 0 Å². The van der Waals surface area contributed by atoms with Gasteiger partial charge in [0.25, 0.3) is 0 Å². The summed E-state index contributed by atoms with van der Waals surface area (Å²) in [5.74, 6) is -1.22. The molecule has 0 aliphatic rings. The van der Waals surface area contributed by atoms with E-state index in [1.54, 1.807) is 0 Å². The summed E-state index contributed by atoms with van der Waals surface area (Å²) in [6, 6.07) is 8.79. The molecule has 108 valence electrons. The van der Waals surface area contributed by atoms with E-state index in [1.807, 2.05) is 0 Å². The van der Waals surface area contributed by atoms with Crippen LogP contribution in [-0.2, 0) is 11.2 Å². The van der Waals surface area contributed by atoms with Crippen molar-refractivity contribution in [3.05, 3.63) is 65.2 Å². The van der Waals surface area contributed by atoms with E-state index < -0.39 is 17.6 Å². The zero-order valence-corrected chi connectivity index (χ0v) is 10.9. The molecule has 0 N–H and O–H groups in total. The molecule has 0 bridgehead atoms. The summed E-state index contributed by atoms with van der Waals surface area (Å²) in [6.07, 6.45) is 0.255. The maximum Gasteiger partial charge on any atom is 0.311 e. The number of benzene rings is 2. The third kappa shape index (κ3) is 4.17. The quantitative estimate of drug-likeness (QED) is 0.471. The zero-order valence-electron chi connectivity index (χ0n) is 10.9. The number of aryl methyl sites for hydroxylation is 1. The highest BCUT2D eigenvalue weighted by molar-refractivity contribution is 5.73. The highest BCUT2D eigenvalue weighted by Crippen LogP contribution is 2.22. The van der Waals surface area contributed by atoms with E-state index >= 15 is 0 Å². The molecule has 0 saturated carbocycles. The molecule has 0 fully saturated rings. The van der Waals surface area contributed by atoms with Crippen LogP contribution in [0.3, 0.4) is 0 Å². The molecule has 2 rings (SSSR count). The maximum atomic E-state index is 13.0. The second-order valence-corrected chi connectivity index (χ2v) is 4.30. The average molecular weight is 289 g/mol. The summed E-state index contributed by atoms with van der Waals surface area (Å²) in [7, 11) is 0. The van der Waals surface area contributed by atoms with Crippen LogP contribution >= 0.6 is 0 Å². The molecule has 21 heavy (non-hydrogen) atoms. The van der Waals surface area contributed by atoms with Gasteiger partial charge < -0.3 is 15.4 Å². The van der Waals surface area contributed by atoms with Crippen molar-refractivity contribution in [2.45, 2.75) is 12.8 Å². The molecule has 0 atom stereocenters. The van der Waals surface area contributed by atoms with Crippen molar-refractivity contribution in [1.29, 1.82) is 0 Å². The minimum absolute atomic E-state index is 0.0194. The van der Waals surface area contributed by atoms with Gasteiger partial charge in [0.2, 0.25) is 0 Å². The first kappa shape index (κ1) is 14.8. The Kier molecular flexibility index (Phi) is 4.71. The molecule has 0 amide bonds. The van der Waals surface area contributed by atoms with Crippen LogP contribution in [0.2, 0.25) is 0 Å². The Bertz CT molecular complexity index is 657. The van der Waals surface area contributed by atoms with Gasteiger partial charge in [0, 0.05) is 5.69 Å². The van der Waals surface area contributed by atoms with Crippen LogP contribution in [0.4, 0.5) is 14.5 Å². The van der Waals surface area contributed by atoms with Crippen molar-refractivity contribution < 1.29 is 18.3 Å². The third-order valence-corrected chi connectivity index (χ3v) is 2.80. The van der Waals surface area contributed by atoms with E-state index in [-0.39, 0.29) is 24.3 Å². The molecule has 0 aliphatic carbocycles. The molecule has 6 heteroatoms. The van der Waals surface area contributed by atoms with Gasteiger partial charge in [-0.15, -0.1) is 0 Å². The Morgan fingerprint density at radius 1 is 1.10 bits per heavy atom. The minimum atomic E-state index is -0.527. The standard InChI is InChI=1S/C15H11F2N2O2/c16-11-4-6-13(7-5-11)21-15(20)8-2-10-1-3-12(17)9-14(10)19-18/h1,3-7,9H,2,8H2/q-1. The number of carbonyl (C=O) groups is 1. The van der Waals surface area contributed by atoms with Crippen LogP contribution in [0.25, 0.3) is 5.53 Å². The predicted octanol–water partition coefficient (Wildman–Crippen LogP) is 4.16. The monoisotopic (exact) mass is 289 g/mol. The van der Waals surface area contributed by atoms with Gasteiger partial charge in [-0.05, 0) is 48.4 Å². The topological polar surface area (TPSA) is 61.0 Å². The second-order valence-electron chi connectivity index (χ2n) is 4.30. The van der Waals surface area contributed by atoms with Crippen molar-refractivity contribution in [1.82, 2.24) is 0 Å². The van der Waals surface area contributed by atoms with Crippen LogP contribution in [0.15, 0.2) is 47.6 Å². The first-order valence-electron chi connectivity index (χ1n) is 6.18. The van der Waals surface area contributed by atoms with Gasteiger partial charge in [0.05, 0.1) is 6.42 Å².